The van der Waals surface area contributed by atoms with Gasteiger partial charge in [-0.3, -0.25) is 4.79 Å². The molecular weight excluding hydrogens is 609 g/mol. The molecule has 5 rings (SSSR count). The zero-order valence-electron chi connectivity index (χ0n) is 22.4. The van der Waals surface area contributed by atoms with Crippen molar-refractivity contribution < 1.29 is 22.0 Å². The highest BCUT2D eigenvalue weighted by atomic mass is 35.5. The minimum absolute atomic E-state index is 0.0125. The summed E-state index contributed by atoms with van der Waals surface area (Å²) in [5, 5.41) is -0.169. The monoisotopic (exact) mass is 636 g/mol. The Morgan fingerprint density at radius 2 is 1.56 bits per heavy atom. The van der Waals surface area contributed by atoms with Crippen molar-refractivity contribution in [2.45, 2.75) is 49.2 Å². The van der Waals surface area contributed by atoms with Gasteiger partial charge in [0.25, 0.3) is 5.91 Å². The molecule has 3 aromatic carbocycles. The van der Waals surface area contributed by atoms with Gasteiger partial charge in [0.05, 0.1) is 20.0 Å². The number of hydrogen-bond donors (Lipinski definition) is 0. The van der Waals surface area contributed by atoms with Crippen LogP contribution in [0.2, 0.25) is 5.02 Å². The number of nitrogens with zero attached hydrogens (tertiary/aromatic N) is 2. The van der Waals surface area contributed by atoms with Crippen molar-refractivity contribution in [2.75, 3.05) is 13.3 Å². The summed E-state index contributed by atoms with van der Waals surface area (Å²) in [6.45, 7) is 0.236. The Bertz CT molecular complexity index is 1720. The van der Waals surface area contributed by atoms with Crippen molar-refractivity contribution in [3.63, 3.8) is 0 Å². The summed E-state index contributed by atoms with van der Waals surface area (Å²) in [7, 11) is -1.56. The Hall–Kier alpha value is -2.56. The molecule has 0 radical (unpaired) electrons. The van der Waals surface area contributed by atoms with E-state index in [1.807, 2.05) is 37.4 Å². The minimum atomic E-state index is -3.38. The quantitative estimate of drug-likeness (QED) is 0.193. The van der Waals surface area contributed by atoms with Crippen molar-refractivity contribution >= 4 is 60.5 Å². The highest BCUT2D eigenvalue weighted by molar-refractivity contribution is 7.90. The molecule has 0 spiro atoms. The first-order chi connectivity index (χ1) is 19.4. The number of benzene rings is 3. The molecule has 0 bridgehead atoms. The average molecular weight is 638 g/mol. The number of hydrogen-bond acceptors (Lipinski definition) is 5. The largest absolute Gasteiger partial charge is 0.331 e. The average Bonchev–Trinajstić information content (AvgIpc) is 3.31. The van der Waals surface area contributed by atoms with Crippen LogP contribution in [0.15, 0.2) is 65.6 Å². The first-order valence-electron chi connectivity index (χ1n) is 13.1. The third-order valence-corrected chi connectivity index (χ3v) is 10.7. The van der Waals surface area contributed by atoms with Crippen LogP contribution in [-0.2, 0) is 16.4 Å². The van der Waals surface area contributed by atoms with Gasteiger partial charge in [-0.15, -0.1) is 11.3 Å². The predicted molar refractivity (Wildman–Crippen MR) is 161 cm³/mol. The first kappa shape index (κ1) is 29.9. The molecule has 0 atom stereocenters. The van der Waals surface area contributed by atoms with Gasteiger partial charge in [0, 0.05) is 31.9 Å². The molecule has 0 unspecified atom stereocenters. The van der Waals surface area contributed by atoms with Crippen LogP contribution in [0.5, 0.6) is 0 Å². The number of fused-ring (bicyclic) bond motifs is 1. The molecule has 1 aliphatic rings. The van der Waals surface area contributed by atoms with E-state index in [1.165, 1.54) is 6.26 Å². The molecule has 0 saturated heterocycles. The Balaban J connectivity index is 1.51. The van der Waals surface area contributed by atoms with E-state index in [-0.39, 0.29) is 49.4 Å². The summed E-state index contributed by atoms with van der Waals surface area (Å²) >= 11 is 13.6. The third-order valence-electron chi connectivity index (χ3n) is 7.62. The fraction of sp³-hybridized carbons (Fsp3) is 0.300. The Morgan fingerprint density at radius 1 is 0.951 bits per heavy atom. The fourth-order valence-corrected chi connectivity index (χ4v) is 7.78. The lowest BCUT2D eigenvalue weighted by atomic mass is 9.89. The number of thiophene rings is 1. The highest BCUT2D eigenvalue weighted by Gasteiger charge is 2.33. The van der Waals surface area contributed by atoms with E-state index in [2.05, 4.69) is 0 Å². The van der Waals surface area contributed by atoms with Crippen molar-refractivity contribution in [1.82, 2.24) is 9.32 Å². The molecule has 4 aromatic rings. The number of halogens is 4. The molecule has 5 nitrogen and oxygen atoms in total. The van der Waals surface area contributed by atoms with Crippen LogP contribution in [0, 0.1) is 11.6 Å². The smallest absolute Gasteiger partial charge is 0.266 e. The molecule has 1 saturated carbocycles. The van der Waals surface area contributed by atoms with E-state index in [0.29, 0.717) is 12.8 Å². The van der Waals surface area contributed by atoms with Gasteiger partial charge >= 0.3 is 0 Å². The second-order valence-corrected chi connectivity index (χ2v) is 14.3. The summed E-state index contributed by atoms with van der Waals surface area (Å²) in [4.78, 5) is 16.1. The van der Waals surface area contributed by atoms with E-state index in [0.717, 1.165) is 53.0 Å². The number of rotatable bonds is 7. The van der Waals surface area contributed by atoms with Crippen LogP contribution in [-0.4, -0.2) is 49.0 Å². The molecule has 0 N–H and O–H groups in total. The second kappa shape index (κ2) is 12.0. The van der Waals surface area contributed by atoms with E-state index >= 15 is 0 Å². The molecule has 1 fully saturated rings. The van der Waals surface area contributed by atoms with E-state index in [9.17, 15) is 22.0 Å². The topological polar surface area (TPSA) is 57.7 Å². The van der Waals surface area contributed by atoms with Gasteiger partial charge in [0.1, 0.15) is 16.5 Å². The molecular formula is C30H28Cl2F2N2O3S2. The van der Waals surface area contributed by atoms with Crippen molar-refractivity contribution in [3.05, 3.63) is 87.8 Å². The Labute approximate surface area is 252 Å². The van der Waals surface area contributed by atoms with Crippen molar-refractivity contribution in [2.24, 2.45) is 0 Å². The Morgan fingerprint density at radius 3 is 2.20 bits per heavy atom. The maximum atomic E-state index is 14.6. The van der Waals surface area contributed by atoms with Crippen LogP contribution in [0.3, 0.4) is 0 Å². The van der Waals surface area contributed by atoms with E-state index in [1.54, 1.807) is 27.5 Å². The molecule has 41 heavy (non-hydrogen) atoms. The lowest BCUT2D eigenvalue weighted by Crippen LogP contribution is -2.44. The van der Waals surface area contributed by atoms with Gasteiger partial charge in [-0.05, 0) is 84.5 Å². The lowest BCUT2D eigenvalue weighted by molar-refractivity contribution is 0.0591. The summed E-state index contributed by atoms with van der Waals surface area (Å²) in [6.07, 6.45) is 4.15. The van der Waals surface area contributed by atoms with Crippen LogP contribution >= 0.6 is 34.7 Å². The molecule has 1 aliphatic carbocycles. The summed E-state index contributed by atoms with van der Waals surface area (Å²) < 4.78 is 55.1. The maximum Gasteiger partial charge on any atom is 0.266 e. The molecule has 216 valence electrons. The summed E-state index contributed by atoms with van der Waals surface area (Å²) in [6, 6.07) is 16.4. The van der Waals surface area contributed by atoms with Crippen LogP contribution in [0.1, 0.15) is 40.9 Å². The minimum Gasteiger partial charge on any atom is -0.331 e. The van der Waals surface area contributed by atoms with Gasteiger partial charge in [-0.25, -0.2) is 21.6 Å². The Kier molecular flexibility index (Phi) is 8.74. The fourth-order valence-electron chi connectivity index (χ4n) is 5.41. The van der Waals surface area contributed by atoms with E-state index < -0.39 is 21.5 Å². The van der Waals surface area contributed by atoms with Gasteiger partial charge in [0.15, 0.2) is 9.84 Å². The second-order valence-electron chi connectivity index (χ2n) is 10.4. The number of amides is 1. The number of carbonyl (C=O) groups is 1. The van der Waals surface area contributed by atoms with Crippen LogP contribution in [0.25, 0.3) is 21.2 Å². The lowest BCUT2D eigenvalue weighted by Gasteiger charge is -2.38. The molecule has 11 heteroatoms. The number of sulfone groups is 1. The molecule has 1 heterocycles. The van der Waals surface area contributed by atoms with Gasteiger partial charge in [-0.2, -0.15) is 0 Å². The van der Waals surface area contributed by atoms with Crippen molar-refractivity contribution in [1.29, 1.82) is 0 Å². The molecule has 1 aromatic heterocycles. The van der Waals surface area contributed by atoms with E-state index in [4.69, 9.17) is 23.4 Å². The summed E-state index contributed by atoms with van der Waals surface area (Å²) in [5.74, 6) is -1.70. The number of carbonyl (C=O) groups excluding carboxylic acids is 1. The predicted octanol–water partition coefficient (Wildman–Crippen LogP) is 7.94. The standard InChI is InChI=1S/C30H28Cl2F2N2O3S2/c1-35(32)21-9-11-22(12-10-21)36(30(37)29-27(31)26-24(33)13-14-25(34)28(26)40-29)17-18-5-3-6-19(15-18)20-7-4-8-23(16-20)41(2,38)39/h3-8,13-16,21-22H,9-12,17H2,1-2H3/t21-,22-. The normalized spacial score (nSPS) is 17.7. The van der Waals surface area contributed by atoms with Gasteiger partial charge in [0.2, 0.25) is 0 Å². The maximum absolute atomic E-state index is 14.6. The SMILES string of the molecule is CN(Cl)[C@H]1CC[C@H](N(Cc2cccc(-c3cccc(S(C)(=O)=O)c3)c2)C(=O)c2sc3c(F)ccc(F)c3c2Cl)CC1. The van der Waals surface area contributed by atoms with Crippen LogP contribution in [0.4, 0.5) is 8.78 Å². The summed E-state index contributed by atoms with van der Waals surface area (Å²) in [5.41, 5.74) is 2.36. The van der Waals surface area contributed by atoms with Gasteiger partial charge < -0.3 is 4.90 Å². The van der Waals surface area contributed by atoms with Gasteiger partial charge in [-0.1, -0.05) is 41.9 Å². The van der Waals surface area contributed by atoms with Crippen molar-refractivity contribution in [3.8, 4) is 11.1 Å². The third kappa shape index (κ3) is 6.29. The zero-order chi connectivity index (χ0) is 29.5. The zero-order valence-corrected chi connectivity index (χ0v) is 25.6. The molecule has 0 aliphatic heterocycles. The molecule has 1 amide bonds. The first-order valence-corrected chi connectivity index (χ1v) is 16.5. The van der Waals surface area contributed by atoms with Crippen LogP contribution < -0.4 is 0 Å². The highest BCUT2D eigenvalue weighted by Crippen LogP contribution is 2.40.